The standard InChI is InChI=1S/C18H26OSi/c1-18(2,12-11-15-9-7-6-8-10-15)19-14-16-13-17(16)20(3,4)5/h6-10,16-17H,13-14H2,1-5H3. The van der Waals surface area contributed by atoms with Crippen molar-refractivity contribution in [2.45, 2.75) is 51.1 Å². The molecule has 1 saturated carbocycles. The van der Waals surface area contributed by atoms with E-state index in [2.05, 4.69) is 45.3 Å². The van der Waals surface area contributed by atoms with Gasteiger partial charge < -0.3 is 4.74 Å². The van der Waals surface area contributed by atoms with Crippen LogP contribution in [0.2, 0.25) is 25.2 Å². The van der Waals surface area contributed by atoms with E-state index in [0.29, 0.717) is 0 Å². The van der Waals surface area contributed by atoms with Crippen LogP contribution in [-0.2, 0) is 4.74 Å². The Morgan fingerprint density at radius 2 is 1.85 bits per heavy atom. The molecular formula is C18H26OSi. The molecule has 0 bridgehead atoms. The first kappa shape index (κ1) is 15.3. The Labute approximate surface area is 124 Å². The summed E-state index contributed by atoms with van der Waals surface area (Å²) in [6.45, 7) is 12.4. The van der Waals surface area contributed by atoms with Gasteiger partial charge in [-0.25, -0.2) is 0 Å². The number of rotatable bonds is 4. The summed E-state index contributed by atoms with van der Waals surface area (Å²) >= 11 is 0. The van der Waals surface area contributed by atoms with Gasteiger partial charge in [-0.1, -0.05) is 49.7 Å². The molecule has 0 radical (unpaired) electrons. The normalized spacial score (nSPS) is 22.1. The molecule has 1 aromatic rings. The average Bonchev–Trinajstić information content (AvgIpc) is 3.15. The highest BCUT2D eigenvalue weighted by Gasteiger charge is 2.46. The van der Waals surface area contributed by atoms with E-state index < -0.39 is 8.07 Å². The van der Waals surface area contributed by atoms with E-state index in [1.54, 1.807) is 0 Å². The number of hydrogen-bond acceptors (Lipinski definition) is 1. The maximum absolute atomic E-state index is 6.05. The van der Waals surface area contributed by atoms with Crippen molar-refractivity contribution in [3.63, 3.8) is 0 Å². The largest absolute Gasteiger partial charge is 0.363 e. The summed E-state index contributed by atoms with van der Waals surface area (Å²) < 4.78 is 6.05. The van der Waals surface area contributed by atoms with E-state index in [-0.39, 0.29) is 5.60 Å². The van der Waals surface area contributed by atoms with Crippen molar-refractivity contribution < 1.29 is 4.74 Å². The van der Waals surface area contributed by atoms with Gasteiger partial charge in [0.15, 0.2) is 0 Å². The van der Waals surface area contributed by atoms with Crippen LogP contribution in [-0.4, -0.2) is 20.3 Å². The number of hydrogen-bond donors (Lipinski definition) is 0. The molecule has 1 fully saturated rings. The van der Waals surface area contributed by atoms with E-state index >= 15 is 0 Å². The molecule has 0 aromatic heterocycles. The molecule has 108 valence electrons. The summed E-state index contributed by atoms with van der Waals surface area (Å²) in [5.41, 5.74) is 1.64. The van der Waals surface area contributed by atoms with Crippen molar-refractivity contribution in [1.29, 1.82) is 0 Å². The van der Waals surface area contributed by atoms with Gasteiger partial charge in [-0.15, -0.1) is 0 Å². The topological polar surface area (TPSA) is 9.23 Å². The zero-order valence-corrected chi connectivity index (χ0v) is 14.4. The highest BCUT2D eigenvalue weighted by molar-refractivity contribution is 6.78. The summed E-state index contributed by atoms with van der Waals surface area (Å²) in [4.78, 5) is 0. The summed E-state index contributed by atoms with van der Waals surface area (Å²) in [5.74, 6) is 7.23. The third-order valence-electron chi connectivity index (χ3n) is 3.97. The van der Waals surface area contributed by atoms with E-state index in [9.17, 15) is 0 Å². The van der Waals surface area contributed by atoms with E-state index in [0.717, 1.165) is 23.6 Å². The Morgan fingerprint density at radius 1 is 1.20 bits per heavy atom. The van der Waals surface area contributed by atoms with Gasteiger partial charge in [-0.3, -0.25) is 0 Å². The molecule has 1 aliphatic carbocycles. The maximum atomic E-state index is 6.05. The summed E-state index contributed by atoms with van der Waals surface area (Å²) in [6, 6.07) is 10.1. The highest BCUT2D eigenvalue weighted by atomic mass is 28.3. The second-order valence-corrected chi connectivity index (χ2v) is 12.9. The van der Waals surface area contributed by atoms with E-state index in [1.165, 1.54) is 6.42 Å². The molecular weight excluding hydrogens is 260 g/mol. The average molecular weight is 286 g/mol. The smallest absolute Gasteiger partial charge is 0.123 e. The van der Waals surface area contributed by atoms with Crippen LogP contribution >= 0.6 is 0 Å². The quantitative estimate of drug-likeness (QED) is 0.582. The predicted molar refractivity (Wildman–Crippen MR) is 88.6 cm³/mol. The Kier molecular flexibility index (Phi) is 4.42. The van der Waals surface area contributed by atoms with Crippen molar-refractivity contribution in [3.8, 4) is 11.8 Å². The van der Waals surface area contributed by atoms with Crippen molar-refractivity contribution in [2.75, 3.05) is 6.61 Å². The molecule has 20 heavy (non-hydrogen) atoms. The van der Waals surface area contributed by atoms with Crippen LogP contribution < -0.4 is 0 Å². The molecule has 2 unspecified atom stereocenters. The fourth-order valence-electron chi connectivity index (χ4n) is 2.59. The van der Waals surface area contributed by atoms with Gasteiger partial charge in [0.1, 0.15) is 5.60 Å². The Balaban J connectivity index is 1.85. The lowest BCUT2D eigenvalue weighted by Gasteiger charge is -2.20. The fourth-order valence-corrected chi connectivity index (χ4v) is 5.11. The molecule has 1 aliphatic rings. The van der Waals surface area contributed by atoms with Crippen LogP contribution in [0.5, 0.6) is 0 Å². The minimum atomic E-state index is -0.970. The van der Waals surface area contributed by atoms with Crippen molar-refractivity contribution >= 4 is 8.07 Å². The maximum Gasteiger partial charge on any atom is 0.123 e. The summed E-state index contributed by atoms with van der Waals surface area (Å²) in [5, 5.41) is 0. The lowest BCUT2D eigenvalue weighted by Crippen LogP contribution is -2.25. The zero-order valence-electron chi connectivity index (χ0n) is 13.4. The van der Waals surface area contributed by atoms with Gasteiger partial charge in [0, 0.05) is 13.6 Å². The molecule has 0 aliphatic heterocycles. The predicted octanol–water partition coefficient (Wildman–Crippen LogP) is 4.56. The molecule has 0 spiro atoms. The number of ether oxygens (including phenoxy) is 1. The van der Waals surface area contributed by atoms with Crippen LogP contribution in [0.25, 0.3) is 0 Å². The van der Waals surface area contributed by atoms with Crippen molar-refractivity contribution in [1.82, 2.24) is 0 Å². The molecule has 0 amide bonds. The van der Waals surface area contributed by atoms with Gasteiger partial charge >= 0.3 is 0 Å². The summed E-state index contributed by atoms with van der Waals surface area (Å²) in [6.07, 6.45) is 1.36. The van der Waals surface area contributed by atoms with E-state index in [4.69, 9.17) is 4.74 Å². The van der Waals surface area contributed by atoms with Crippen LogP contribution in [0.3, 0.4) is 0 Å². The lowest BCUT2D eigenvalue weighted by molar-refractivity contribution is 0.0202. The first-order valence-electron chi connectivity index (χ1n) is 7.50. The van der Waals surface area contributed by atoms with Crippen LogP contribution in [0.4, 0.5) is 0 Å². The number of benzene rings is 1. The highest BCUT2D eigenvalue weighted by Crippen LogP contribution is 2.52. The molecule has 0 saturated heterocycles. The Hall–Kier alpha value is -1.04. The minimum Gasteiger partial charge on any atom is -0.363 e. The molecule has 2 rings (SSSR count). The Morgan fingerprint density at radius 3 is 2.40 bits per heavy atom. The molecule has 1 aromatic carbocycles. The van der Waals surface area contributed by atoms with Crippen molar-refractivity contribution in [2.24, 2.45) is 5.92 Å². The molecule has 2 atom stereocenters. The first-order valence-corrected chi connectivity index (χ1v) is 11.1. The van der Waals surface area contributed by atoms with E-state index in [1.807, 2.05) is 30.3 Å². The molecule has 0 heterocycles. The van der Waals surface area contributed by atoms with Gasteiger partial charge in [0.05, 0.1) is 6.61 Å². The fraction of sp³-hybridized carbons (Fsp3) is 0.556. The van der Waals surface area contributed by atoms with Gasteiger partial charge in [-0.05, 0) is 43.9 Å². The second-order valence-electron chi connectivity index (χ2n) is 7.41. The van der Waals surface area contributed by atoms with Crippen LogP contribution in [0.15, 0.2) is 30.3 Å². The van der Waals surface area contributed by atoms with Gasteiger partial charge in [0.2, 0.25) is 0 Å². The molecule has 0 N–H and O–H groups in total. The first-order chi connectivity index (χ1) is 9.28. The van der Waals surface area contributed by atoms with Crippen LogP contribution in [0, 0.1) is 17.8 Å². The lowest BCUT2D eigenvalue weighted by atomic mass is 10.1. The summed E-state index contributed by atoms with van der Waals surface area (Å²) in [7, 11) is -0.970. The van der Waals surface area contributed by atoms with Gasteiger partial charge in [0.25, 0.3) is 0 Å². The SMILES string of the molecule is CC(C)(C#Cc1ccccc1)OCC1CC1[Si](C)(C)C. The zero-order chi connectivity index (χ0) is 14.8. The Bertz CT molecular complexity index is 502. The third-order valence-corrected chi connectivity index (χ3v) is 6.91. The molecule has 1 nitrogen and oxygen atoms in total. The second kappa shape index (κ2) is 5.75. The minimum absolute atomic E-state index is 0.359. The van der Waals surface area contributed by atoms with Crippen molar-refractivity contribution in [3.05, 3.63) is 35.9 Å². The third kappa shape index (κ3) is 4.51. The monoisotopic (exact) mass is 286 g/mol. The van der Waals surface area contributed by atoms with Gasteiger partial charge in [-0.2, -0.15) is 0 Å². The van der Waals surface area contributed by atoms with Crippen LogP contribution in [0.1, 0.15) is 25.8 Å². The molecule has 2 heteroatoms.